The van der Waals surface area contributed by atoms with E-state index in [-0.39, 0.29) is 5.92 Å². The van der Waals surface area contributed by atoms with Gasteiger partial charge in [0.05, 0.1) is 0 Å². The Morgan fingerprint density at radius 3 is 1.17 bits per heavy atom. The normalized spacial score (nSPS) is 14.9. The average Bonchev–Trinajstić information content (AvgIpc) is 2.75. The highest BCUT2D eigenvalue weighted by molar-refractivity contribution is 7.98. The molecule has 0 aliphatic carbocycles. The Bertz CT molecular complexity index is 512. The molecule has 0 aromatic rings. The first-order valence-electron chi connectivity index (χ1n) is 12.3. The number of hydrogen-bond donors (Lipinski definition) is 0. The lowest BCUT2D eigenvalue weighted by Crippen LogP contribution is -2.40. The summed E-state index contributed by atoms with van der Waals surface area (Å²) >= 11 is 0. The van der Waals surface area contributed by atoms with E-state index in [0.717, 1.165) is 19.3 Å². The molecule has 1 atom stereocenters. The van der Waals surface area contributed by atoms with Gasteiger partial charge in [-0.3, -0.25) is 0 Å². The van der Waals surface area contributed by atoms with Gasteiger partial charge in [0.15, 0.2) is 0 Å². The molecule has 0 saturated carbocycles. The van der Waals surface area contributed by atoms with Gasteiger partial charge in [0.1, 0.15) is 26.1 Å². The molecule has 3 nitrogen and oxygen atoms in total. The van der Waals surface area contributed by atoms with Crippen LogP contribution in [0.1, 0.15) is 100 Å². The molecule has 0 spiro atoms. The van der Waals surface area contributed by atoms with Crippen LogP contribution in [-0.4, -0.2) is 41.6 Å². The van der Waals surface area contributed by atoms with Crippen molar-refractivity contribution >= 4 is 21.4 Å². The maximum atomic E-state index is 14.6. The van der Waals surface area contributed by atoms with E-state index in [4.69, 9.17) is 0 Å². The second kappa shape index (κ2) is 13.3. The van der Waals surface area contributed by atoms with Gasteiger partial charge in [0.2, 0.25) is 0 Å². The first-order chi connectivity index (χ1) is 13.6. The highest BCUT2D eigenvalue weighted by atomic mass is 31.3. The van der Waals surface area contributed by atoms with Gasteiger partial charge < -0.3 is 13.7 Å². The Kier molecular flexibility index (Phi) is 13.6. The van der Waals surface area contributed by atoms with E-state index in [9.17, 15) is 13.7 Å². The average molecular weight is 469 g/mol. The van der Waals surface area contributed by atoms with Crippen LogP contribution < -0.4 is 0 Å². The molecule has 0 fully saturated rings. The van der Waals surface area contributed by atoms with Crippen LogP contribution in [-0.2, 0) is 13.7 Å². The van der Waals surface area contributed by atoms with Crippen molar-refractivity contribution in [1.82, 2.24) is 0 Å². The summed E-state index contributed by atoms with van der Waals surface area (Å²) in [5, 5.41) is 0. The minimum Gasteiger partial charge on any atom is -0.322 e. The van der Waals surface area contributed by atoms with Crippen molar-refractivity contribution < 1.29 is 13.7 Å². The molecular weight excluding hydrogens is 417 g/mol. The maximum absolute atomic E-state index is 14.6. The summed E-state index contributed by atoms with van der Waals surface area (Å²) in [6.07, 6.45) is 11.2. The summed E-state index contributed by atoms with van der Waals surface area (Å²) in [6, 6.07) is 0. The summed E-state index contributed by atoms with van der Waals surface area (Å²) in [5.41, 5.74) is 0. The van der Waals surface area contributed by atoms with Crippen molar-refractivity contribution in [3.05, 3.63) is 0 Å². The zero-order valence-electron chi connectivity index (χ0n) is 20.8. The molecule has 0 rings (SSSR count). The third-order valence-corrected chi connectivity index (χ3v) is 25.1. The quantitative estimate of drug-likeness (QED) is 0.158. The van der Waals surface area contributed by atoms with E-state index in [1.54, 1.807) is 0 Å². The second-order valence-corrected chi connectivity index (χ2v) is 21.0. The first-order valence-corrected chi connectivity index (χ1v) is 18.6. The molecule has 0 bridgehead atoms. The molecule has 29 heavy (non-hydrogen) atoms. The third-order valence-electron chi connectivity index (χ3n) is 7.52. The monoisotopic (exact) mass is 468 g/mol. The van der Waals surface area contributed by atoms with Crippen LogP contribution in [0.25, 0.3) is 0 Å². The molecule has 0 aromatic carbocycles. The number of rotatable bonds is 17. The fourth-order valence-corrected chi connectivity index (χ4v) is 25.7. The summed E-state index contributed by atoms with van der Waals surface area (Å²) in [7, 11) is -8.64. The van der Waals surface area contributed by atoms with Crippen molar-refractivity contribution in [2.45, 2.75) is 105 Å². The maximum Gasteiger partial charge on any atom is 0.132 e. The Morgan fingerprint density at radius 1 is 0.552 bits per heavy atom. The van der Waals surface area contributed by atoms with Gasteiger partial charge in [-0.2, -0.15) is 0 Å². The third kappa shape index (κ3) is 5.74. The van der Waals surface area contributed by atoms with Crippen LogP contribution in [0, 0.1) is 5.92 Å². The second-order valence-electron chi connectivity index (χ2n) is 8.71. The molecule has 0 radical (unpaired) electrons. The van der Waals surface area contributed by atoms with E-state index < -0.39 is 26.1 Å². The van der Waals surface area contributed by atoms with Crippen LogP contribution in [0.15, 0.2) is 0 Å². The summed E-state index contributed by atoms with van der Waals surface area (Å²) in [6.45, 7) is 16.2. The van der Waals surface area contributed by atoms with Gasteiger partial charge in [-0.1, -0.05) is 93.9 Å². The van der Waals surface area contributed by atoms with Crippen molar-refractivity contribution in [2.75, 3.05) is 37.0 Å². The van der Waals surface area contributed by atoms with Gasteiger partial charge in [-0.25, -0.2) is 0 Å². The number of hydrogen-bond acceptors (Lipinski definition) is 3. The molecule has 176 valence electrons. The van der Waals surface area contributed by atoms with Crippen LogP contribution in [0.3, 0.4) is 0 Å². The predicted molar refractivity (Wildman–Crippen MR) is 136 cm³/mol. The topological polar surface area (TPSA) is 51.2 Å². The minimum atomic E-state index is -2.88. The SMILES string of the molecule is CCCCCCCCC(C)C(P(=O)(CC)CC)(P(=O)(CC)CC)P(=O)(CC)CC. The molecular formula is C23H51O3P3. The fraction of sp³-hybridized carbons (Fsp3) is 1.00. The molecule has 0 amide bonds. The lowest BCUT2D eigenvalue weighted by Gasteiger charge is -2.53. The Balaban J connectivity index is 6.45. The highest BCUT2D eigenvalue weighted by Crippen LogP contribution is 2.91. The Morgan fingerprint density at radius 2 is 0.862 bits per heavy atom. The van der Waals surface area contributed by atoms with Gasteiger partial charge in [-0.15, -0.1) is 0 Å². The molecule has 0 aliphatic rings. The molecule has 0 aromatic heterocycles. The molecule has 6 heteroatoms. The van der Waals surface area contributed by atoms with Gasteiger partial charge >= 0.3 is 0 Å². The fourth-order valence-electron chi connectivity index (χ4n) is 5.69. The van der Waals surface area contributed by atoms with Crippen LogP contribution in [0.2, 0.25) is 0 Å². The summed E-state index contributed by atoms with van der Waals surface area (Å²) in [4.78, 5) is 0. The number of unbranched alkanes of at least 4 members (excludes halogenated alkanes) is 5. The van der Waals surface area contributed by atoms with Gasteiger partial charge in [0.25, 0.3) is 0 Å². The summed E-state index contributed by atoms with van der Waals surface area (Å²) in [5.74, 6) is -0.0177. The van der Waals surface area contributed by atoms with Crippen molar-refractivity contribution in [1.29, 1.82) is 0 Å². The van der Waals surface area contributed by atoms with Gasteiger partial charge in [0, 0.05) is 0 Å². The Labute approximate surface area is 183 Å². The van der Waals surface area contributed by atoms with E-state index >= 15 is 0 Å². The first kappa shape index (κ1) is 29.7. The van der Waals surface area contributed by atoms with Crippen LogP contribution >= 0.6 is 21.4 Å². The van der Waals surface area contributed by atoms with Crippen molar-refractivity contribution in [3.63, 3.8) is 0 Å². The zero-order valence-corrected chi connectivity index (χ0v) is 23.5. The van der Waals surface area contributed by atoms with E-state index in [1.165, 1.54) is 25.7 Å². The molecule has 0 saturated heterocycles. The minimum absolute atomic E-state index is 0.0177. The smallest absolute Gasteiger partial charge is 0.132 e. The molecule has 0 heterocycles. The van der Waals surface area contributed by atoms with E-state index in [0.29, 0.717) is 37.0 Å². The standard InChI is InChI=1S/C23H51O3P3/c1-9-16-17-18-19-20-21-22(8)23(27(24,10-2)11-3,28(25,12-4)13-5)29(26,14-6)15-7/h22H,9-21H2,1-8H3. The van der Waals surface area contributed by atoms with Crippen molar-refractivity contribution in [2.24, 2.45) is 5.92 Å². The van der Waals surface area contributed by atoms with E-state index in [2.05, 4.69) is 13.8 Å². The van der Waals surface area contributed by atoms with E-state index in [1.807, 2.05) is 41.5 Å². The van der Waals surface area contributed by atoms with Crippen LogP contribution in [0.4, 0.5) is 0 Å². The molecule has 0 aliphatic heterocycles. The largest absolute Gasteiger partial charge is 0.322 e. The lowest BCUT2D eigenvalue weighted by atomic mass is 10.0. The predicted octanol–water partition coefficient (Wildman–Crippen LogP) is 9.24. The Hall–Kier alpha value is 0.690. The zero-order chi connectivity index (χ0) is 22.8. The van der Waals surface area contributed by atoms with Crippen molar-refractivity contribution in [3.8, 4) is 0 Å². The molecule has 1 unspecified atom stereocenters. The lowest BCUT2D eigenvalue weighted by molar-refractivity contribution is 0.446. The van der Waals surface area contributed by atoms with Crippen LogP contribution in [0.5, 0.6) is 0 Å². The van der Waals surface area contributed by atoms with Gasteiger partial charge in [-0.05, 0) is 49.3 Å². The summed E-state index contributed by atoms with van der Waals surface area (Å²) < 4.78 is 42.8. The molecule has 0 N–H and O–H groups in total. The highest BCUT2D eigenvalue weighted by Gasteiger charge is 2.67.